The van der Waals surface area contributed by atoms with Crippen LogP contribution in [-0.2, 0) is 6.42 Å². The number of fused-ring (bicyclic) bond motifs is 8. The smallest absolute Gasteiger partial charge is 0.249 e. The van der Waals surface area contributed by atoms with Crippen LogP contribution < -0.4 is 52.4 Å². The Hall–Kier alpha value is -7.09. The van der Waals surface area contributed by atoms with Gasteiger partial charge in [-0.15, -0.1) is 0 Å². The molecule has 11 aromatic carbocycles. The third-order valence-electron chi connectivity index (χ3n) is 17.6. The zero-order chi connectivity index (χ0) is 57.3. The SMILES string of the molecule is CCCCc1ccc(N(c2ccc(I)cc2)c2cc3c4c(c2)N(c2ccccc2)c2ccccc2B4c2cc4c(cc2S3)Sc2cc(N(c3ccc(I)cc3)c3ccc(C(C)CCC)cc3)cc3c2B4c2ccccc2N3c2ccccc2)cc1. The molecule has 10 heteroatoms. The summed E-state index contributed by atoms with van der Waals surface area (Å²) in [5, 5.41) is 0. The van der Waals surface area contributed by atoms with Crippen molar-refractivity contribution in [1.82, 2.24) is 0 Å². The summed E-state index contributed by atoms with van der Waals surface area (Å²) < 4.78 is 2.43. The normalized spacial score (nSPS) is 13.5. The number of aryl methyl sites for hydroxylation is 1. The van der Waals surface area contributed by atoms with E-state index in [2.05, 4.69) is 328 Å². The van der Waals surface area contributed by atoms with Gasteiger partial charge in [0.25, 0.3) is 0 Å². The van der Waals surface area contributed by atoms with Gasteiger partial charge in [-0.05, 0) is 243 Å². The number of rotatable bonds is 14. The maximum Gasteiger partial charge on any atom is 0.249 e. The summed E-state index contributed by atoms with van der Waals surface area (Å²) in [6.07, 6.45) is 5.78. The molecule has 4 aliphatic heterocycles. The maximum absolute atomic E-state index is 2.64. The van der Waals surface area contributed by atoms with E-state index in [-0.39, 0.29) is 13.4 Å². The quantitative estimate of drug-likeness (QED) is 0.0789. The van der Waals surface area contributed by atoms with Crippen LogP contribution in [0.4, 0.5) is 68.2 Å². The third kappa shape index (κ3) is 9.79. The summed E-state index contributed by atoms with van der Waals surface area (Å²) in [4.78, 5) is 15.2. The Balaban J connectivity index is 0.939. The monoisotopic (exact) mass is 1360 g/mol. The van der Waals surface area contributed by atoms with Gasteiger partial charge in [-0.1, -0.05) is 171 Å². The molecule has 412 valence electrons. The minimum Gasteiger partial charge on any atom is -0.311 e. The van der Waals surface area contributed by atoms with E-state index in [1.54, 1.807) is 0 Å². The van der Waals surface area contributed by atoms with Gasteiger partial charge in [0, 0.05) is 95.0 Å². The second-order valence-electron chi connectivity index (χ2n) is 22.9. The van der Waals surface area contributed by atoms with Crippen LogP contribution in [0.2, 0.25) is 0 Å². The molecule has 0 aliphatic carbocycles. The zero-order valence-electron chi connectivity index (χ0n) is 47.7. The molecule has 4 aliphatic rings. The van der Waals surface area contributed by atoms with Crippen molar-refractivity contribution in [1.29, 1.82) is 0 Å². The molecule has 11 aromatic rings. The molecular formula is C75H60B2I2N4S2. The molecular weight excluding hydrogens is 1300 g/mol. The topological polar surface area (TPSA) is 13.0 Å². The molecule has 0 amide bonds. The molecule has 4 nitrogen and oxygen atoms in total. The summed E-state index contributed by atoms with van der Waals surface area (Å²) in [7, 11) is 0. The van der Waals surface area contributed by atoms with E-state index in [4.69, 9.17) is 0 Å². The fraction of sp³-hybridized carbons (Fsp3) is 0.120. The van der Waals surface area contributed by atoms with Gasteiger partial charge in [0.2, 0.25) is 13.4 Å². The first kappa shape index (κ1) is 54.6. The molecule has 0 aromatic heterocycles. The van der Waals surface area contributed by atoms with E-state index in [0.29, 0.717) is 5.92 Å². The van der Waals surface area contributed by atoms with Crippen molar-refractivity contribution in [2.75, 3.05) is 19.6 Å². The Morgan fingerprint density at radius 3 is 1.27 bits per heavy atom. The number of anilines is 12. The van der Waals surface area contributed by atoms with Crippen LogP contribution in [0.15, 0.2) is 262 Å². The number of nitrogens with zero attached hydrogens (tertiary/aromatic N) is 4. The predicted molar refractivity (Wildman–Crippen MR) is 383 cm³/mol. The minimum atomic E-state index is -0.00778. The molecule has 0 radical (unpaired) electrons. The molecule has 0 saturated carbocycles. The van der Waals surface area contributed by atoms with Crippen molar-refractivity contribution in [3.05, 3.63) is 261 Å². The van der Waals surface area contributed by atoms with Crippen molar-refractivity contribution in [2.24, 2.45) is 0 Å². The second kappa shape index (κ2) is 23.0. The van der Waals surface area contributed by atoms with Crippen molar-refractivity contribution < 1.29 is 0 Å². The second-order valence-corrected chi connectivity index (χ2v) is 27.5. The van der Waals surface area contributed by atoms with Gasteiger partial charge in [-0.3, -0.25) is 0 Å². The fourth-order valence-electron chi connectivity index (χ4n) is 13.6. The lowest BCUT2D eigenvalue weighted by Gasteiger charge is -2.43. The van der Waals surface area contributed by atoms with Gasteiger partial charge < -0.3 is 19.6 Å². The number of benzene rings is 11. The first-order chi connectivity index (χ1) is 41.8. The predicted octanol–water partition coefficient (Wildman–Crippen LogP) is 18.6. The lowest BCUT2D eigenvalue weighted by atomic mass is 9.32. The van der Waals surface area contributed by atoms with Gasteiger partial charge in [0.1, 0.15) is 0 Å². The summed E-state index contributed by atoms with van der Waals surface area (Å²) >= 11 is 8.76. The van der Waals surface area contributed by atoms with E-state index in [9.17, 15) is 0 Å². The van der Waals surface area contributed by atoms with E-state index < -0.39 is 0 Å². The van der Waals surface area contributed by atoms with Gasteiger partial charge in [-0.2, -0.15) is 0 Å². The van der Waals surface area contributed by atoms with Crippen LogP contribution in [0.3, 0.4) is 0 Å². The molecule has 4 heterocycles. The van der Waals surface area contributed by atoms with Crippen LogP contribution in [0, 0.1) is 7.14 Å². The summed E-state index contributed by atoms with van der Waals surface area (Å²) in [6, 6.07) is 92.3. The van der Waals surface area contributed by atoms with E-state index >= 15 is 0 Å². The number of halogens is 2. The Kier molecular flexibility index (Phi) is 14.7. The number of hydrogen-bond donors (Lipinski definition) is 0. The highest BCUT2D eigenvalue weighted by molar-refractivity contribution is 14.1. The van der Waals surface area contributed by atoms with Crippen LogP contribution in [0.1, 0.15) is 63.5 Å². The van der Waals surface area contributed by atoms with Crippen LogP contribution >= 0.6 is 68.7 Å². The van der Waals surface area contributed by atoms with E-state index in [1.165, 1.54) is 119 Å². The molecule has 1 unspecified atom stereocenters. The van der Waals surface area contributed by atoms with Crippen molar-refractivity contribution in [3.8, 4) is 0 Å². The molecule has 0 fully saturated rings. The first-order valence-corrected chi connectivity index (χ1v) is 33.7. The molecule has 0 spiro atoms. The largest absolute Gasteiger partial charge is 0.311 e. The van der Waals surface area contributed by atoms with Crippen LogP contribution in [-0.4, -0.2) is 13.4 Å². The standard InChI is InChI=1S/C75H60B2I2N4S2/c1-4-6-18-50-27-35-56(36-28-50)80(58-39-31-52(78)32-40-58)60-43-68-74-72(45-60)84-70-48-71-65(47-64(70)76(74)62-23-13-15-25-66(62)82(68)54-19-9-7-10-20-54)77-63-24-14-16-26-67(63)83(55-21-11-8-12-22-55)69-44-61(46-73(85-71)75(69)77)81(59-41-33-53(79)34-42-59)57-37-29-51(30-38-57)49(3)17-5-2/h7-16,19-49H,4-6,17-18H2,1-3H3. The fourth-order valence-corrected chi connectivity index (χ4v) is 16.9. The number of para-hydroxylation sites is 4. The zero-order valence-corrected chi connectivity index (χ0v) is 53.7. The van der Waals surface area contributed by atoms with E-state index in [0.717, 1.165) is 51.9 Å². The summed E-state index contributed by atoms with van der Waals surface area (Å²) in [5.41, 5.74) is 24.8. The lowest BCUT2D eigenvalue weighted by molar-refractivity contribution is 0.665. The molecule has 0 bridgehead atoms. The molecule has 0 N–H and O–H groups in total. The Labute approximate surface area is 537 Å². The minimum absolute atomic E-state index is 0.00639. The highest BCUT2D eigenvalue weighted by Gasteiger charge is 2.46. The number of unbranched alkanes of at least 4 members (excludes halogenated alkanes) is 1. The summed E-state index contributed by atoms with van der Waals surface area (Å²) in [5.74, 6) is 0.497. The van der Waals surface area contributed by atoms with Crippen LogP contribution in [0.25, 0.3) is 0 Å². The maximum atomic E-state index is 2.64. The Morgan fingerprint density at radius 1 is 0.400 bits per heavy atom. The molecule has 1 atom stereocenters. The van der Waals surface area contributed by atoms with Crippen LogP contribution in [0.5, 0.6) is 0 Å². The Bertz CT molecular complexity index is 4320. The number of hydrogen-bond acceptors (Lipinski definition) is 6. The van der Waals surface area contributed by atoms with Gasteiger partial charge in [-0.25, -0.2) is 0 Å². The lowest BCUT2D eigenvalue weighted by Crippen LogP contribution is -2.63. The first-order valence-electron chi connectivity index (χ1n) is 29.9. The molecule has 85 heavy (non-hydrogen) atoms. The van der Waals surface area contributed by atoms with Crippen molar-refractivity contribution in [3.63, 3.8) is 0 Å². The third-order valence-corrected chi connectivity index (χ3v) is 21.3. The average Bonchev–Trinajstić information content (AvgIpc) is 1.46. The van der Waals surface area contributed by atoms with Crippen molar-refractivity contribution >= 4 is 183 Å². The van der Waals surface area contributed by atoms with Gasteiger partial charge in [0.05, 0.1) is 0 Å². The highest BCUT2D eigenvalue weighted by Crippen LogP contribution is 2.50. The molecule has 15 rings (SSSR count). The molecule has 0 saturated heterocycles. The highest BCUT2D eigenvalue weighted by atomic mass is 127. The Morgan fingerprint density at radius 2 is 0.824 bits per heavy atom. The van der Waals surface area contributed by atoms with E-state index in [1.807, 2.05) is 23.5 Å². The summed E-state index contributed by atoms with van der Waals surface area (Å²) in [6.45, 7) is 6.90. The van der Waals surface area contributed by atoms with Gasteiger partial charge >= 0.3 is 0 Å². The van der Waals surface area contributed by atoms with Crippen molar-refractivity contribution in [2.45, 2.75) is 78.4 Å². The van der Waals surface area contributed by atoms with Gasteiger partial charge in [0.15, 0.2) is 0 Å². The average molecular weight is 1360 g/mol.